The molecule has 0 aliphatic carbocycles. The minimum Gasteiger partial charge on any atom is -0.397 e. The van der Waals surface area contributed by atoms with Crippen LogP contribution in [0.25, 0.3) is 0 Å². The van der Waals surface area contributed by atoms with Gasteiger partial charge in [-0.3, -0.25) is 9.98 Å². The van der Waals surface area contributed by atoms with Crippen LogP contribution in [0.4, 0.5) is 5.69 Å². The van der Waals surface area contributed by atoms with E-state index in [2.05, 4.69) is 9.98 Å². The fraction of sp³-hybridized carbons (Fsp3) is 0.143. The van der Waals surface area contributed by atoms with Gasteiger partial charge in [0.2, 0.25) is 0 Å². The molecule has 0 aromatic carbocycles. The van der Waals surface area contributed by atoms with Crippen molar-refractivity contribution in [1.82, 2.24) is 4.98 Å². The van der Waals surface area contributed by atoms with Gasteiger partial charge in [-0.25, -0.2) is 0 Å². The van der Waals surface area contributed by atoms with Crippen LogP contribution in [0.1, 0.15) is 5.56 Å². The Balaban J connectivity index is 2.95. The Hall–Kier alpha value is -1.38. The number of hydrogen-bond donors (Lipinski definition) is 1. The summed E-state index contributed by atoms with van der Waals surface area (Å²) in [5.74, 6) is 0. The number of aliphatic imine (C=N–C) groups is 1. The average molecular weight is 135 g/mol. The van der Waals surface area contributed by atoms with Crippen molar-refractivity contribution in [3.8, 4) is 0 Å². The van der Waals surface area contributed by atoms with Gasteiger partial charge < -0.3 is 5.73 Å². The molecular formula is C7H9N3. The van der Waals surface area contributed by atoms with E-state index in [1.54, 1.807) is 25.7 Å². The first-order valence-electron chi connectivity index (χ1n) is 2.95. The highest BCUT2D eigenvalue weighted by atomic mass is 14.7. The van der Waals surface area contributed by atoms with Crippen LogP contribution >= 0.6 is 0 Å². The molecule has 3 nitrogen and oxygen atoms in total. The molecule has 3 heteroatoms. The topological polar surface area (TPSA) is 51.3 Å². The first kappa shape index (κ1) is 6.74. The van der Waals surface area contributed by atoms with Crippen molar-refractivity contribution in [3.63, 3.8) is 0 Å². The van der Waals surface area contributed by atoms with Gasteiger partial charge in [0.15, 0.2) is 0 Å². The van der Waals surface area contributed by atoms with E-state index in [0.717, 1.165) is 5.56 Å². The van der Waals surface area contributed by atoms with Gasteiger partial charge in [-0.2, -0.15) is 0 Å². The predicted molar refractivity (Wildman–Crippen MR) is 42.2 cm³/mol. The van der Waals surface area contributed by atoms with Crippen LogP contribution in [0.2, 0.25) is 0 Å². The summed E-state index contributed by atoms with van der Waals surface area (Å²) in [4.78, 5) is 7.71. The largest absolute Gasteiger partial charge is 0.397 e. The third-order valence-corrected chi connectivity index (χ3v) is 1.06. The summed E-state index contributed by atoms with van der Waals surface area (Å²) in [5, 5.41) is 0. The predicted octanol–water partition coefficient (Wildman–Crippen LogP) is 0.713. The summed E-state index contributed by atoms with van der Waals surface area (Å²) < 4.78 is 0. The van der Waals surface area contributed by atoms with E-state index >= 15 is 0 Å². The fourth-order valence-corrected chi connectivity index (χ4v) is 0.696. The van der Waals surface area contributed by atoms with E-state index in [4.69, 9.17) is 5.73 Å². The summed E-state index contributed by atoms with van der Waals surface area (Å²) in [6.07, 6.45) is 5.03. The van der Waals surface area contributed by atoms with E-state index < -0.39 is 0 Å². The van der Waals surface area contributed by atoms with E-state index in [9.17, 15) is 0 Å². The molecule has 10 heavy (non-hydrogen) atoms. The molecule has 0 unspecified atom stereocenters. The molecule has 0 aliphatic rings. The fourth-order valence-electron chi connectivity index (χ4n) is 0.696. The minimum atomic E-state index is 0.664. The third kappa shape index (κ3) is 1.55. The van der Waals surface area contributed by atoms with E-state index in [1.807, 2.05) is 6.07 Å². The lowest BCUT2D eigenvalue weighted by atomic mass is 10.3. The van der Waals surface area contributed by atoms with Crippen molar-refractivity contribution in [2.45, 2.75) is 0 Å². The lowest BCUT2D eigenvalue weighted by Crippen LogP contribution is -1.89. The number of hydrogen-bond acceptors (Lipinski definition) is 3. The smallest absolute Gasteiger partial charge is 0.0507 e. The minimum absolute atomic E-state index is 0.664. The molecule has 0 saturated carbocycles. The highest BCUT2D eigenvalue weighted by molar-refractivity contribution is 5.80. The second-order valence-electron chi connectivity index (χ2n) is 1.94. The van der Waals surface area contributed by atoms with Gasteiger partial charge in [0.05, 0.1) is 5.69 Å². The third-order valence-electron chi connectivity index (χ3n) is 1.06. The molecule has 0 amide bonds. The maximum Gasteiger partial charge on any atom is 0.0507 e. The van der Waals surface area contributed by atoms with Gasteiger partial charge in [0.25, 0.3) is 0 Å². The SMILES string of the molecule is CN=Cc1cncc(N)c1. The van der Waals surface area contributed by atoms with Crippen LogP contribution in [0.3, 0.4) is 0 Å². The molecule has 1 rings (SSSR count). The Morgan fingerprint density at radius 1 is 1.60 bits per heavy atom. The van der Waals surface area contributed by atoms with Crippen molar-refractivity contribution in [3.05, 3.63) is 24.0 Å². The Labute approximate surface area is 59.6 Å². The van der Waals surface area contributed by atoms with Crippen molar-refractivity contribution in [2.75, 3.05) is 12.8 Å². The first-order valence-corrected chi connectivity index (χ1v) is 2.95. The zero-order chi connectivity index (χ0) is 7.40. The second-order valence-corrected chi connectivity index (χ2v) is 1.94. The monoisotopic (exact) mass is 135 g/mol. The zero-order valence-electron chi connectivity index (χ0n) is 5.78. The Morgan fingerprint density at radius 3 is 3.00 bits per heavy atom. The van der Waals surface area contributed by atoms with E-state index in [1.165, 1.54) is 0 Å². The quantitative estimate of drug-likeness (QED) is 0.576. The molecule has 1 aromatic heterocycles. The van der Waals surface area contributed by atoms with Crippen LogP contribution in [0.15, 0.2) is 23.5 Å². The number of nitrogens with zero attached hydrogens (tertiary/aromatic N) is 2. The summed E-state index contributed by atoms with van der Waals surface area (Å²) in [6.45, 7) is 0. The van der Waals surface area contributed by atoms with Crippen molar-refractivity contribution >= 4 is 11.9 Å². The van der Waals surface area contributed by atoms with Crippen molar-refractivity contribution < 1.29 is 0 Å². The highest BCUT2D eigenvalue weighted by Gasteiger charge is 1.86. The van der Waals surface area contributed by atoms with Gasteiger partial charge in [-0.1, -0.05) is 0 Å². The molecule has 0 atom stereocenters. The van der Waals surface area contributed by atoms with E-state index in [0.29, 0.717) is 5.69 Å². The van der Waals surface area contributed by atoms with Crippen LogP contribution in [0.5, 0.6) is 0 Å². The molecule has 0 spiro atoms. The maximum atomic E-state index is 5.46. The molecule has 1 heterocycles. The second kappa shape index (κ2) is 2.96. The van der Waals surface area contributed by atoms with Gasteiger partial charge >= 0.3 is 0 Å². The summed E-state index contributed by atoms with van der Waals surface area (Å²) >= 11 is 0. The Kier molecular flexibility index (Phi) is 1.99. The maximum absolute atomic E-state index is 5.46. The molecule has 1 aromatic rings. The van der Waals surface area contributed by atoms with E-state index in [-0.39, 0.29) is 0 Å². The Morgan fingerprint density at radius 2 is 2.40 bits per heavy atom. The van der Waals surface area contributed by atoms with Crippen LogP contribution in [-0.4, -0.2) is 18.2 Å². The van der Waals surface area contributed by atoms with Gasteiger partial charge in [-0.15, -0.1) is 0 Å². The summed E-state index contributed by atoms with van der Waals surface area (Å²) in [5.41, 5.74) is 7.06. The molecule has 0 bridgehead atoms. The number of nitrogens with two attached hydrogens (primary N) is 1. The average Bonchev–Trinajstić information content (AvgIpc) is 1.88. The van der Waals surface area contributed by atoms with Crippen LogP contribution in [0, 0.1) is 0 Å². The lowest BCUT2D eigenvalue weighted by Gasteiger charge is -1.92. The molecular weight excluding hydrogens is 126 g/mol. The highest BCUT2D eigenvalue weighted by Crippen LogP contribution is 2.00. The molecule has 0 fully saturated rings. The Bertz CT molecular complexity index is 242. The molecule has 52 valence electrons. The van der Waals surface area contributed by atoms with Gasteiger partial charge in [-0.05, 0) is 6.07 Å². The molecule has 0 aliphatic heterocycles. The normalized spacial score (nSPS) is 10.5. The number of aromatic nitrogens is 1. The number of anilines is 1. The molecule has 2 N–H and O–H groups in total. The summed E-state index contributed by atoms with van der Waals surface area (Å²) in [6, 6.07) is 1.82. The lowest BCUT2D eigenvalue weighted by molar-refractivity contribution is 1.32. The number of nitrogen functional groups attached to an aromatic ring is 1. The zero-order valence-corrected chi connectivity index (χ0v) is 5.78. The molecule has 0 radical (unpaired) electrons. The van der Waals surface area contributed by atoms with Crippen molar-refractivity contribution in [2.24, 2.45) is 4.99 Å². The molecule has 0 saturated heterocycles. The van der Waals surface area contributed by atoms with Gasteiger partial charge in [0, 0.05) is 31.2 Å². The number of pyridine rings is 1. The van der Waals surface area contributed by atoms with Gasteiger partial charge in [0.1, 0.15) is 0 Å². The van der Waals surface area contributed by atoms with Crippen molar-refractivity contribution in [1.29, 1.82) is 0 Å². The number of rotatable bonds is 1. The van der Waals surface area contributed by atoms with Crippen LogP contribution in [-0.2, 0) is 0 Å². The standard InChI is InChI=1S/C7H9N3/c1-9-3-6-2-7(8)5-10-4-6/h2-5H,8H2,1H3. The van der Waals surface area contributed by atoms with Crippen LogP contribution < -0.4 is 5.73 Å². The first-order chi connectivity index (χ1) is 4.83. The summed E-state index contributed by atoms with van der Waals surface area (Å²) in [7, 11) is 1.71.